The first kappa shape index (κ1) is 28.7. The van der Waals surface area contributed by atoms with Crippen LogP contribution in [0.5, 0.6) is 0 Å². The van der Waals surface area contributed by atoms with Gasteiger partial charge in [0.25, 0.3) is 0 Å². The molecule has 0 aromatic carbocycles. The van der Waals surface area contributed by atoms with E-state index in [1.54, 1.807) is 41.5 Å². The lowest BCUT2D eigenvalue weighted by molar-refractivity contribution is -0.164. The number of carbonyl (C=O) groups is 4. The van der Waals surface area contributed by atoms with E-state index in [2.05, 4.69) is 5.32 Å². The second-order valence-corrected chi connectivity index (χ2v) is 8.21. The highest BCUT2D eigenvalue weighted by Crippen LogP contribution is 2.23. The Morgan fingerprint density at radius 1 is 0.903 bits per heavy atom. The third-order valence-corrected chi connectivity index (χ3v) is 4.36. The number of nitrogens with one attached hydrogen (secondary N) is 1. The summed E-state index contributed by atoms with van der Waals surface area (Å²) in [6.45, 7) is 12.5. The third kappa shape index (κ3) is 12.2. The molecule has 1 N–H and O–H groups in total. The molecular weight excluding hydrogens is 406 g/mol. The standard InChI is InChI=1S/C22H39NO8/c1-8-11-14-30-17(24)13-12-16(23-21(27)31-22(5,6)7)15(4)18(19(25)28-9-2)20(26)29-10-3/h15-16,18H,8-14H2,1-7H3,(H,23,27). The second kappa shape index (κ2) is 14.6. The molecule has 0 aliphatic carbocycles. The Bertz CT molecular complexity index is 567. The molecule has 31 heavy (non-hydrogen) atoms. The van der Waals surface area contributed by atoms with Crippen LogP contribution in [0.3, 0.4) is 0 Å². The van der Waals surface area contributed by atoms with Crippen molar-refractivity contribution in [3.05, 3.63) is 0 Å². The van der Waals surface area contributed by atoms with E-state index in [0.29, 0.717) is 6.61 Å². The minimum atomic E-state index is -1.25. The molecule has 0 aromatic rings. The second-order valence-electron chi connectivity index (χ2n) is 8.21. The van der Waals surface area contributed by atoms with E-state index in [9.17, 15) is 19.2 Å². The summed E-state index contributed by atoms with van der Waals surface area (Å²) < 4.78 is 20.6. The van der Waals surface area contributed by atoms with Crippen LogP contribution in [0.1, 0.15) is 74.1 Å². The van der Waals surface area contributed by atoms with Crippen LogP contribution in [-0.2, 0) is 33.3 Å². The molecule has 0 aliphatic rings. The molecule has 0 aromatic heterocycles. The van der Waals surface area contributed by atoms with Gasteiger partial charge in [0, 0.05) is 18.4 Å². The molecule has 0 fully saturated rings. The van der Waals surface area contributed by atoms with E-state index in [-0.39, 0.29) is 26.1 Å². The van der Waals surface area contributed by atoms with E-state index in [1.807, 2.05) is 6.92 Å². The van der Waals surface area contributed by atoms with Crippen LogP contribution in [-0.4, -0.2) is 55.5 Å². The molecule has 2 atom stereocenters. The third-order valence-electron chi connectivity index (χ3n) is 4.36. The van der Waals surface area contributed by atoms with Crippen LogP contribution in [0.15, 0.2) is 0 Å². The normalized spacial score (nSPS) is 13.2. The molecule has 0 heterocycles. The van der Waals surface area contributed by atoms with Crippen molar-refractivity contribution in [2.45, 2.75) is 85.8 Å². The maximum Gasteiger partial charge on any atom is 0.407 e. The monoisotopic (exact) mass is 445 g/mol. The maximum absolute atomic E-state index is 12.5. The number of hydrogen-bond donors (Lipinski definition) is 1. The Kier molecular flexibility index (Phi) is 13.5. The fourth-order valence-electron chi connectivity index (χ4n) is 2.82. The van der Waals surface area contributed by atoms with Crippen molar-refractivity contribution in [1.82, 2.24) is 5.32 Å². The van der Waals surface area contributed by atoms with Crippen molar-refractivity contribution < 1.29 is 38.1 Å². The highest BCUT2D eigenvalue weighted by molar-refractivity contribution is 5.95. The van der Waals surface area contributed by atoms with Gasteiger partial charge in [0.15, 0.2) is 5.92 Å². The summed E-state index contributed by atoms with van der Waals surface area (Å²) >= 11 is 0. The molecule has 0 saturated carbocycles. The van der Waals surface area contributed by atoms with Gasteiger partial charge in [-0.2, -0.15) is 0 Å². The summed E-state index contributed by atoms with van der Waals surface area (Å²) in [4.78, 5) is 49.4. The predicted octanol–water partition coefficient (Wildman–Crippen LogP) is 3.38. The highest BCUT2D eigenvalue weighted by Gasteiger charge is 2.40. The van der Waals surface area contributed by atoms with Crippen LogP contribution >= 0.6 is 0 Å². The molecule has 1 amide bonds. The van der Waals surface area contributed by atoms with Gasteiger partial charge >= 0.3 is 24.0 Å². The molecule has 0 bridgehead atoms. The van der Waals surface area contributed by atoms with E-state index < -0.39 is 47.5 Å². The van der Waals surface area contributed by atoms with Gasteiger partial charge in [-0.25, -0.2) is 4.79 Å². The smallest absolute Gasteiger partial charge is 0.407 e. The van der Waals surface area contributed by atoms with Crippen molar-refractivity contribution in [2.75, 3.05) is 19.8 Å². The lowest BCUT2D eigenvalue weighted by Crippen LogP contribution is -2.48. The summed E-state index contributed by atoms with van der Waals surface area (Å²) in [6, 6.07) is -0.729. The van der Waals surface area contributed by atoms with E-state index in [1.165, 1.54) is 0 Å². The highest BCUT2D eigenvalue weighted by atomic mass is 16.6. The Morgan fingerprint density at radius 3 is 1.90 bits per heavy atom. The first-order valence-electron chi connectivity index (χ1n) is 10.9. The van der Waals surface area contributed by atoms with Crippen LogP contribution in [0.2, 0.25) is 0 Å². The molecule has 0 spiro atoms. The Morgan fingerprint density at radius 2 is 1.45 bits per heavy atom. The zero-order valence-corrected chi connectivity index (χ0v) is 19.9. The number of carbonyl (C=O) groups excluding carboxylic acids is 4. The lowest BCUT2D eigenvalue weighted by atomic mass is 9.85. The topological polar surface area (TPSA) is 117 Å². The number of hydrogen-bond acceptors (Lipinski definition) is 8. The molecule has 0 rings (SSSR count). The van der Waals surface area contributed by atoms with Gasteiger partial charge in [-0.1, -0.05) is 20.3 Å². The number of ether oxygens (including phenoxy) is 4. The summed E-state index contributed by atoms with van der Waals surface area (Å²) in [7, 11) is 0. The van der Waals surface area contributed by atoms with Gasteiger partial charge in [-0.15, -0.1) is 0 Å². The minimum Gasteiger partial charge on any atom is -0.466 e. The van der Waals surface area contributed by atoms with Gasteiger partial charge in [0.05, 0.1) is 19.8 Å². The fraction of sp³-hybridized carbons (Fsp3) is 0.818. The molecule has 2 unspecified atom stereocenters. The first-order chi connectivity index (χ1) is 14.5. The Hall–Kier alpha value is -2.32. The Balaban J connectivity index is 5.51. The SMILES string of the molecule is CCCCOC(=O)CCC(NC(=O)OC(C)(C)C)C(C)C(C(=O)OCC)C(=O)OCC. The van der Waals surface area contributed by atoms with Crippen LogP contribution < -0.4 is 5.32 Å². The molecule has 9 heteroatoms. The fourth-order valence-corrected chi connectivity index (χ4v) is 2.82. The van der Waals surface area contributed by atoms with Crippen LogP contribution in [0, 0.1) is 11.8 Å². The Labute approximate surface area is 185 Å². The molecule has 180 valence electrons. The summed E-state index contributed by atoms with van der Waals surface area (Å²) in [5.74, 6) is -3.87. The number of unbranched alkanes of at least 4 members (excludes halogenated alkanes) is 1. The molecular formula is C22H39NO8. The van der Waals surface area contributed by atoms with Gasteiger partial charge in [0.2, 0.25) is 0 Å². The van der Waals surface area contributed by atoms with Gasteiger partial charge in [0.1, 0.15) is 5.60 Å². The zero-order valence-electron chi connectivity index (χ0n) is 19.9. The number of esters is 3. The van der Waals surface area contributed by atoms with Crippen LogP contribution in [0.25, 0.3) is 0 Å². The van der Waals surface area contributed by atoms with E-state index >= 15 is 0 Å². The van der Waals surface area contributed by atoms with Crippen molar-refractivity contribution in [2.24, 2.45) is 11.8 Å². The van der Waals surface area contributed by atoms with Gasteiger partial charge < -0.3 is 24.3 Å². The summed E-state index contributed by atoms with van der Waals surface area (Å²) in [6.07, 6.45) is 1.10. The van der Waals surface area contributed by atoms with E-state index in [0.717, 1.165) is 12.8 Å². The minimum absolute atomic E-state index is 0.00683. The molecule has 0 radical (unpaired) electrons. The van der Waals surface area contributed by atoms with Crippen molar-refractivity contribution >= 4 is 24.0 Å². The average molecular weight is 446 g/mol. The molecule has 9 nitrogen and oxygen atoms in total. The number of amides is 1. The summed E-state index contributed by atoms with van der Waals surface area (Å²) in [5, 5.41) is 2.69. The predicted molar refractivity (Wildman–Crippen MR) is 114 cm³/mol. The average Bonchev–Trinajstić information content (AvgIpc) is 2.64. The van der Waals surface area contributed by atoms with Crippen molar-refractivity contribution in [1.29, 1.82) is 0 Å². The largest absolute Gasteiger partial charge is 0.466 e. The number of alkyl carbamates (subject to hydrolysis) is 1. The molecule has 0 saturated heterocycles. The van der Waals surface area contributed by atoms with Gasteiger partial charge in [-0.3, -0.25) is 14.4 Å². The number of rotatable bonds is 13. The molecule has 0 aliphatic heterocycles. The van der Waals surface area contributed by atoms with Crippen LogP contribution in [0.4, 0.5) is 4.79 Å². The van der Waals surface area contributed by atoms with Gasteiger partial charge in [-0.05, 0) is 47.5 Å². The quantitative estimate of drug-likeness (QED) is 0.198. The van der Waals surface area contributed by atoms with Crippen molar-refractivity contribution in [3.8, 4) is 0 Å². The maximum atomic E-state index is 12.5. The van der Waals surface area contributed by atoms with E-state index in [4.69, 9.17) is 18.9 Å². The summed E-state index contributed by atoms with van der Waals surface area (Å²) in [5.41, 5.74) is -0.737. The lowest BCUT2D eigenvalue weighted by Gasteiger charge is -2.30. The first-order valence-corrected chi connectivity index (χ1v) is 10.9. The zero-order chi connectivity index (χ0) is 24.0. The van der Waals surface area contributed by atoms with Crippen molar-refractivity contribution in [3.63, 3.8) is 0 Å².